The van der Waals surface area contributed by atoms with E-state index in [1.54, 1.807) is 0 Å². The normalized spacial score (nSPS) is 9.86. The minimum atomic E-state index is 0.800. The molecule has 0 saturated carbocycles. The van der Waals surface area contributed by atoms with Gasteiger partial charge in [-0.25, -0.2) is 0 Å². The lowest BCUT2D eigenvalue weighted by molar-refractivity contribution is 0.319. The Hall–Kier alpha value is -0.830. The smallest absolute Gasteiger partial charge is 0.121 e. The summed E-state index contributed by atoms with van der Waals surface area (Å²) in [5.74, 6) is 2.10. The molecular formula is C11H17NOS. The summed E-state index contributed by atoms with van der Waals surface area (Å²) in [6.07, 6.45) is 3.21. The highest BCUT2D eigenvalue weighted by molar-refractivity contribution is 7.98. The number of hydrogen-bond acceptors (Lipinski definition) is 3. The molecule has 1 aromatic rings. The molecule has 0 aliphatic heterocycles. The Labute approximate surface area is 90.0 Å². The fourth-order valence-corrected chi connectivity index (χ4v) is 1.54. The van der Waals surface area contributed by atoms with Gasteiger partial charge in [-0.15, -0.1) is 0 Å². The molecule has 0 saturated heterocycles. The van der Waals surface area contributed by atoms with Crippen LogP contribution in [0.5, 0.6) is 5.75 Å². The molecule has 0 aliphatic carbocycles. The fraction of sp³-hybridized carbons (Fsp3) is 0.455. The highest BCUT2D eigenvalue weighted by Gasteiger charge is 1.94. The van der Waals surface area contributed by atoms with Crippen molar-refractivity contribution in [2.45, 2.75) is 6.42 Å². The summed E-state index contributed by atoms with van der Waals surface area (Å²) in [7, 11) is 1.91. The number of thioether (sulfide) groups is 1. The summed E-state index contributed by atoms with van der Waals surface area (Å²) < 4.78 is 5.60. The van der Waals surface area contributed by atoms with Gasteiger partial charge < -0.3 is 10.1 Å². The van der Waals surface area contributed by atoms with E-state index in [0.29, 0.717) is 0 Å². The van der Waals surface area contributed by atoms with Gasteiger partial charge >= 0.3 is 0 Å². The van der Waals surface area contributed by atoms with Crippen molar-refractivity contribution in [1.29, 1.82) is 0 Å². The Morgan fingerprint density at radius 3 is 3.00 bits per heavy atom. The van der Waals surface area contributed by atoms with Gasteiger partial charge in [-0.2, -0.15) is 11.8 Å². The third kappa shape index (κ3) is 3.92. The number of ether oxygens (including phenoxy) is 1. The predicted octanol–water partition coefficient (Wildman–Crippen LogP) is 2.86. The quantitative estimate of drug-likeness (QED) is 0.731. The first-order valence-electron chi connectivity index (χ1n) is 4.76. The van der Waals surface area contributed by atoms with Crippen LogP contribution in [0.4, 0.5) is 5.69 Å². The Morgan fingerprint density at radius 1 is 1.43 bits per heavy atom. The van der Waals surface area contributed by atoms with Gasteiger partial charge in [-0.05, 0) is 30.6 Å². The lowest BCUT2D eigenvalue weighted by Crippen LogP contribution is -1.99. The van der Waals surface area contributed by atoms with Crippen molar-refractivity contribution in [3.8, 4) is 5.75 Å². The molecule has 78 valence electrons. The van der Waals surface area contributed by atoms with Crippen molar-refractivity contribution >= 4 is 17.4 Å². The molecule has 0 aromatic heterocycles. The van der Waals surface area contributed by atoms with E-state index in [9.17, 15) is 0 Å². The minimum absolute atomic E-state index is 0.800. The Bertz CT molecular complexity index is 265. The maximum absolute atomic E-state index is 5.60. The van der Waals surface area contributed by atoms with E-state index in [0.717, 1.165) is 30.2 Å². The third-order valence-electron chi connectivity index (χ3n) is 1.88. The SMILES string of the molecule is CNc1cccc(OCCCSC)c1. The molecule has 0 radical (unpaired) electrons. The average Bonchev–Trinajstić information content (AvgIpc) is 2.25. The molecule has 0 aliphatic rings. The van der Waals surface area contributed by atoms with Gasteiger partial charge in [0, 0.05) is 18.8 Å². The molecule has 1 N–H and O–H groups in total. The van der Waals surface area contributed by atoms with Crippen molar-refractivity contribution in [3.05, 3.63) is 24.3 Å². The van der Waals surface area contributed by atoms with Gasteiger partial charge in [0.05, 0.1) is 6.61 Å². The molecule has 0 atom stereocenters. The van der Waals surface area contributed by atoms with Crippen LogP contribution >= 0.6 is 11.8 Å². The van der Waals surface area contributed by atoms with E-state index in [-0.39, 0.29) is 0 Å². The standard InChI is InChI=1S/C11H17NOS/c1-12-10-5-3-6-11(9-10)13-7-4-8-14-2/h3,5-6,9,12H,4,7-8H2,1-2H3. The second-order valence-electron chi connectivity index (χ2n) is 2.97. The predicted molar refractivity (Wildman–Crippen MR) is 64.5 cm³/mol. The van der Waals surface area contributed by atoms with Crippen molar-refractivity contribution in [2.24, 2.45) is 0 Å². The lowest BCUT2D eigenvalue weighted by Gasteiger charge is -2.07. The number of anilines is 1. The molecule has 0 amide bonds. The minimum Gasteiger partial charge on any atom is -0.493 e. The molecule has 0 fully saturated rings. The summed E-state index contributed by atoms with van der Waals surface area (Å²) in [5.41, 5.74) is 1.09. The van der Waals surface area contributed by atoms with E-state index >= 15 is 0 Å². The van der Waals surface area contributed by atoms with Crippen LogP contribution in [0.2, 0.25) is 0 Å². The van der Waals surface area contributed by atoms with E-state index in [2.05, 4.69) is 11.6 Å². The van der Waals surface area contributed by atoms with Gasteiger partial charge in [0.15, 0.2) is 0 Å². The van der Waals surface area contributed by atoms with Gasteiger partial charge in [0.1, 0.15) is 5.75 Å². The lowest BCUT2D eigenvalue weighted by atomic mass is 10.3. The van der Waals surface area contributed by atoms with E-state index < -0.39 is 0 Å². The van der Waals surface area contributed by atoms with E-state index in [1.165, 1.54) is 0 Å². The molecular weight excluding hydrogens is 194 g/mol. The maximum Gasteiger partial charge on any atom is 0.121 e. The van der Waals surface area contributed by atoms with Crippen molar-refractivity contribution in [1.82, 2.24) is 0 Å². The van der Waals surface area contributed by atoms with Crippen LogP contribution in [0.15, 0.2) is 24.3 Å². The molecule has 14 heavy (non-hydrogen) atoms. The second-order valence-corrected chi connectivity index (χ2v) is 3.96. The molecule has 0 bridgehead atoms. The summed E-state index contributed by atoms with van der Waals surface area (Å²) >= 11 is 1.85. The number of rotatable bonds is 6. The van der Waals surface area contributed by atoms with Crippen LogP contribution in [0.3, 0.4) is 0 Å². The van der Waals surface area contributed by atoms with Crippen LogP contribution in [-0.2, 0) is 0 Å². The third-order valence-corrected chi connectivity index (χ3v) is 2.58. The highest BCUT2D eigenvalue weighted by Crippen LogP contribution is 2.16. The van der Waals surface area contributed by atoms with Crippen LogP contribution in [0, 0.1) is 0 Å². The number of hydrogen-bond donors (Lipinski definition) is 1. The molecule has 0 unspecified atom stereocenters. The highest BCUT2D eigenvalue weighted by atomic mass is 32.2. The molecule has 1 aromatic carbocycles. The Balaban J connectivity index is 2.34. The molecule has 3 heteroatoms. The van der Waals surface area contributed by atoms with E-state index in [1.807, 2.05) is 43.1 Å². The van der Waals surface area contributed by atoms with Gasteiger partial charge in [-0.1, -0.05) is 6.07 Å². The average molecular weight is 211 g/mol. The Kier molecular flexibility index (Phi) is 5.30. The van der Waals surface area contributed by atoms with Gasteiger partial charge in [0.25, 0.3) is 0 Å². The van der Waals surface area contributed by atoms with Crippen LogP contribution < -0.4 is 10.1 Å². The summed E-state index contributed by atoms with van der Waals surface area (Å²) in [6.45, 7) is 0.800. The first kappa shape index (κ1) is 11.2. The van der Waals surface area contributed by atoms with Crippen LogP contribution in [-0.4, -0.2) is 25.7 Å². The summed E-state index contributed by atoms with van der Waals surface area (Å²) in [5, 5.41) is 3.08. The van der Waals surface area contributed by atoms with Crippen molar-refractivity contribution < 1.29 is 4.74 Å². The van der Waals surface area contributed by atoms with Crippen molar-refractivity contribution in [3.63, 3.8) is 0 Å². The number of benzene rings is 1. The topological polar surface area (TPSA) is 21.3 Å². The fourth-order valence-electron chi connectivity index (χ4n) is 1.13. The summed E-state index contributed by atoms with van der Waals surface area (Å²) in [4.78, 5) is 0. The molecule has 2 nitrogen and oxygen atoms in total. The Morgan fingerprint density at radius 2 is 2.29 bits per heavy atom. The summed E-state index contributed by atoms with van der Waals surface area (Å²) in [6, 6.07) is 8.02. The maximum atomic E-state index is 5.60. The monoisotopic (exact) mass is 211 g/mol. The zero-order valence-electron chi connectivity index (χ0n) is 8.75. The number of nitrogens with one attached hydrogen (secondary N) is 1. The second kappa shape index (κ2) is 6.60. The first-order chi connectivity index (χ1) is 6.86. The van der Waals surface area contributed by atoms with Crippen LogP contribution in [0.25, 0.3) is 0 Å². The molecule has 0 spiro atoms. The molecule has 1 rings (SSSR count). The zero-order valence-corrected chi connectivity index (χ0v) is 9.56. The van der Waals surface area contributed by atoms with Gasteiger partial charge in [-0.3, -0.25) is 0 Å². The van der Waals surface area contributed by atoms with Crippen LogP contribution in [0.1, 0.15) is 6.42 Å². The zero-order chi connectivity index (χ0) is 10.2. The first-order valence-corrected chi connectivity index (χ1v) is 6.15. The van der Waals surface area contributed by atoms with Gasteiger partial charge in [0.2, 0.25) is 0 Å². The molecule has 0 heterocycles. The van der Waals surface area contributed by atoms with Crippen molar-refractivity contribution in [2.75, 3.05) is 31.0 Å². The largest absolute Gasteiger partial charge is 0.493 e. The van der Waals surface area contributed by atoms with E-state index in [4.69, 9.17) is 4.74 Å².